The van der Waals surface area contributed by atoms with Crippen LogP contribution in [0.15, 0.2) is 60.9 Å². The van der Waals surface area contributed by atoms with Crippen LogP contribution in [0.5, 0.6) is 17.2 Å². The Bertz CT molecular complexity index is 1010. The van der Waals surface area contributed by atoms with Gasteiger partial charge in [0.1, 0.15) is 12.4 Å². The first kappa shape index (κ1) is 21.2. The summed E-state index contributed by atoms with van der Waals surface area (Å²) >= 11 is 0. The number of fused-ring (bicyclic) bond motifs is 1. The second-order valence-corrected chi connectivity index (χ2v) is 7.46. The number of hydrogen-bond acceptors (Lipinski definition) is 6. The Hall–Kier alpha value is -3.09. The fourth-order valence-corrected chi connectivity index (χ4v) is 4.03. The Kier molecular flexibility index (Phi) is 6.70. The molecule has 4 rings (SSSR count). The van der Waals surface area contributed by atoms with E-state index in [0.29, 0.717) is 24.7 Å². The van der Waals surface area contributed by atoms with Crippen molar-refractivity contribution in [3.8, 4) is 17.2 Å². The minimum atomic E-state index is 0.00165. The Balaban J connectivity index is 1.70. The van der Waals surface area contributed by atoms with E-state index in [2.05, 4.69) is 34.6 Å². The summed E-state index contributed by atoms with van der Waals surface area (Å²) in [5.74, 6) is 2.27. The highest BCUT2D eigenvalue weighted by atomic mass is 16.5. The standard InChI is InChI=1S/C25H28N2O4/c1-28-11-12-31-23-9-6-17(15-24(23)30-3)25-21-8-7-20(29-2)13-19(21)14-22(27-25)18-5-4-10-26-16-18/h4-10,13,15-16,22,25,27H,11-12,14H2,1-3H3/t22-,25-/m0/s1. The molecule has 1 N–H and O–H groups in total. The Labute approximate surface area is 183 Å². The molecule has 0 saturated heterocycles. The summed E-state index contributed by atoms with van der Waals surface area (Å²) in [5, 5.41) is 3.81. The normalized spacial score (nSPS) is 17.6. The topological polar surface area (TPSA) is 61.8 Å². The molecule has 6 nitrogen and oxygen atoms in total. The van der Waals surface area contributed by atoms with Gasteiger partial charge < -0.3 is 18.9 Å². The van der Waals surface area contributed by atoms with Crippen LogP contribution >= 0.6 is 0 Å². The van der Waals surface area contributed by atoms with Crippen molar-refractivity contribution in [2.75, 3.05) is 34.5 Å². The van der Waals surface area contributed by atoms with E-state index < -0.39 is 0 Å². The first-order valence-corrected chi connectivity index (χ1v) is 10.4. The van der Waals surface area contributed by atoms with Crippen molar-refractivity contribution < 1.29 is 18.9 Å². The average molecular weight is 421 g/mol. The number of pyridine rings is 1. The Morgan fingerprint density at radius 3 is 2.58 bits per heavy atom. The molecule has 1 aromatic heterocycles. The van der Waals surface area contributed by atoms with Gasteiger partial charge in [-0.25, -0.2) is 0 Å². The van der Waals surface area contributed by atoms with E-state index in [1.807, 2.05) is 30.5 Å². The molecule has 1 aliphatic rings. The molecule has 31 heavy (non-hydrogen) atoms. The maximum absolute atomic E-state index is 5.81. The summed E-state index contributed by atoms with van der Waals surface area (Å²) in [6.07, 6.45) is 4.59. The SMILES string of the molecule is COCCOc1ccc([C@@H]2N[C@H](c3cccnc3)Cc3cc(OC)ccc32)cc1OC. The predicted molar refractivity (Wildman–Crippen MR) is 119 cm³/mol. The number of nitrogens with one attached hydrogen (secondary N) is 1. The van der Waals surface area contributed by atoms with Gasteiger partial charge in [-0.2, -0.15) is 0 Å². The lowest BCUT2D eigenvalue weighted by Gasteiger charge is -2.34. The molecule has 2 atom stereocenters. The third kappa shape index (κ3) is 4.65. The van der Waals surface area contributed by atoms with E-state index in [-0.39, 0.29) is 12.1 Å². The third-order valence-corrected chi connectivity index (χ3v) is 5.61. The van der Waals surface area contributed by atoms with E-state index in [0.717, 1.165) is 23.3 Å². The highest BCUT2D eigenvalue weighted by Crippen LogP contribution is 2.39. The van der Waals surface area contributed by atoms with Crippen LogP contribution in [-0.4, -0.2) is 39.5 Å². The van der Waals surface area contributed by atoms with Gasteiger partial charge in [-0.15, -0.1) is 0 Å². The van der Waals surface area contributed by atoms with Gasteiger partial charge in [0.25, 0.3) is 0 Å². The Morgan fingerprint density at radius 1 is 0.935 bits per heavy atom. The average Bonchev–Trinajstić information content (AvgIpc) is 2.83. The van der Waals surface area contributed by atoms with Gasteiger partial charge in [0.05, 0.1) is 26.9 Å². The lowest BCUT2D eigenvalue weighted by Crippen LogP contribution is -2.34. The molecule has 0 aliphatic carbocycles. The molecular formula is C25H28N2O4. The molecule has 162 valence electrons. The molecule has 0 saturated carbocycles. The number of nitrogens with zero attached hydrogens (tertiary/aromatic N) is 1. The van der Waals surface area contributed by atoms with Crippen LogP contribution in [0, 0.1) is 0 Å². The van der Waals surface area contributed by atoms with Crippen LogP contribution in [0.4, 0.5) is 0 Å². The third-order valence-electron chi connectivity index (χ3n) is 5.61. The zero-order valence-electron chi connectivity index (χ0n) is 18.1. The summed E-state index contributed by atoms with van der Waals surface area (Å²) in [5.41, 5.74) is 4.76. The van der Waals surface area contributed by atoms with Crippen molar-refractivity contribution in [3.63, 3.8) is 0 Å². The predicted octanol–water partition coefficient (Wildman–Crippen LogP) is 4.10. The second kappa shape index (κ2) is 9.81. The molecule has 0 unspecified atom stereocenters. The molecule has 0 amide bonds. The van der Waals surface area contributed by atoms with Crippen LogP contribution in [0.25, 0.3) is 0 Å². The maximum atomic E-state index is 5.81. The Morgan fingerprint density at radius 2 is 1.84 bits per heavy atom. The highest BCUT2D eigenvalue weighted by Gasteiger charge is 2.29. The van der Waals surface area contributed by atoms with Gasteiger partial charge in [0.15, 0.2) is 11.5 Å². The van der Waals surface area contributed by atoms with E-state index in [9.17, 15) is 0 Å². The molecule has 0 fully saturated rings. The van der Waals surface area contributed by atoms with Gasteiger partial charge in [-0.3, -0.25) is 10.3 Å². The van der Waals surface area contributed by atoms with Crippen LogP contribution in [0.1, 0.15) is 34.3 Å². The number of hydrogen-bond donors (Lipinski definition) is 1. The van der Waals surface area contributed by atoms with E-state index in [1.54, 1.807) is 27.5 Å². The molecule has 1 aliphatic heterocycles. The number of rotatable bonds is 8. The van der Waals surface area contributed by atoms with E-state index in [1.165, 1.54) is 11.1 Å². The zero-order valence-corrected chi connectivity index (χ0v) is 18.1. The quantitative estimate of drug-likeness (QED) is 0.554. The van der Waals surface area contributed by atoms with Crippen LogP contribution in [0.3, 0.4) is 0 Å². The van der Waals surface area contributed by atoms with Gasteiger partial charge in [-0.1, -0.05) is 18.2 Å². The lowest BCUT2D eigenvalue weighted by atomic mass is 9.84. The molecule has 2 aromatic carbocycles. The monoisotopic (exact) mass is 420 g/mol. The summed E-state index contributed by atoms with van der Waals surface area (Å²) in [7, 11) is 5.02. The smallest absolute Gasteiger partial charge is 0.161 e. The first-order valence-electron chi connectivity index (χ1n) is 10.4. The highest BCUT2D eigenvalue weighted by molar-refractivity contribution is 5.49. The number of benzene rings is 2. The van der Waals surface area contributed by atoms with Crippen molar-refractivity contribution in [2.24, 2.45) is 0 Å². The van der Waals surface area contributed by atoms with Gasteiger partial charge in [0.2, 0.25) is 0 Å². The first-order chi connectivity index (χ1) is 15.2. The molecule has 2 heterocycles. The largest absolute Gasteiger partial charge is 0.497 e. The fraction of sp³-hybridized carbons (Fsp3) is 0.320. The van der Waals surface area contributed by atoms with Crippen molar-refractivity contribution in [2.45, 2.75) is 18.5 Å². The molecule has 0 spiro atoms. The minimum absolute atomic E-state index is 0.00165. The van der Waals surface area contributed by atoms with Crippen LogP contribution in [0.2, 0.25) is 0 Å². The molecule has 3 aromatic rings. The van der Waals surface area contributed by atoms with Gasteiger partial charge in [0, 0.05) is 25.5 Å². The number of aromatic nitrogens is 1. The molecule has 6 heteroatoms. The summed E-state index contributed by atoms with van der Waals surface area (Å²) < 4.78 is 22.0. The molecule has 0 radical (unpaired) electrons. The summed E-state index contributed by atoms with van der Waals surface area (Å²) in [6, 6.07) is 16.6. The van der Waals surface area contributed by atoms with E-state index >= 15 is 0 Å². The fourth-order valence-electron chi connectivity index (χ4n) is 4.03. The van der Waals surface area contributed by atoms with Gasteiger partial charge in [-0.05, 0) is 59.0 Å². The van der Waals surface area contributed by atoms with Crippen LogP contribution < -0.4 is 19.5 Å². The van der Waals surface area contributed by atoms with Crippen molar-refractivity contribution >= 4 is 0 Å². The number of methoxy groups -OCH3 is 3. The minimum Gasteiger partial charge on any atom is -0.497 e. The summed E-state index contributed by atoms with van der Waals surface area (Å²) in [4.78, 5) is 4.31. The van der Waals surface area contributed by atoms with Crippen molar-refractivity contribution in [3.05, 3.63) is 83.2 Å². The number of ether oxygens (including phenoxy) is 4. The molecular weight excluding hydrogens is 392 g/mol. The summed E-state index contributed by atoms with van der Waals surface area (Å²) in [6.45, 7) is 0.997. The van der Waals surface area contributed by atoms with Crippen LogP contribution in [-0.2, 0) is 11.2 Å². The maximum Gasteiger partial charge on any atom is 0.161 e. The van der Waals surface area contributed by atoms with Gasteiger partial charge >= 0.3 is 0 Å². The van der Waals surface area contributed by atoms with Crippen molar-refractivity contribution in [1.29, 1.82) is 0 Å². The molecule has 0 bridgehead atoms. The van der Waals surface area contributed by atoms with E-state index in [4.69, 9.17) is 18.9 Å². The second-order valence-electron chi connectivity index (χ2n) is 7.46. The zero-order chi connectivity index (χ0) is 21.6. The lowest BCUT2D eigenvalue weighted by molar-refractivity contribution is 0.144. The van der Waals surface area contributed by atoms with Crippen molar-refractivity contribution in [1.82, 2.24) is 10.3 Å².